The molecule has 138 valence electrons. The third-order valence-corrected chi connectivity index (χ3v) is 7.72. The monoisotopic (exact) mass is 366 g/mol. The van der Waals surface area contributed by atoms with E-state index in [0.29, 0.717) is 19.8 Å². The molecule has 0 N–H and O–H groups in total. The van der Waals surface area contributed by atoms with Crippen LogP contribution in [0.25, 0.3) is 0 Å². The third-order valence-electron chi connectivity index (χ3n) is 3.53. The lowest BCUT2D eigenvalue weighted by molar-refractivity contribution is -0.158. The normalized spacial score (nSPS) is 19.2. The highest BCUT2D eigenvalue weighted by atomic mass is 32.2. The van der Waals surface area contributed by atoms with Crippen molar-refractivity contribution >= 4 is 20.6 Å². The first-order valence-electron chi connectivity index (χ1n) is 8.99. The lowest BCUT2D eigenvalue weighted by Gasteiger charge is -2.28. The molecule has 1 saturated heterocycles. The maximum atomic E-state index is 5.86. The summed E-state index contributed by atoms with van der Waals surface area (Å²) in [4.78, 5) is 0. The molecule has 1 aliphatic rings. The van der Waals surface area contributed by atoms with E-state index in [9.17, 15) is 0 Å². The second kappa shape index (κ2) is 13.6. The number of rotatable bonds is 14. The molecule has 1 unspecified atom stereocenters. The van der Waals surface area contributed by atoms with Gasteiger partial charge >= 0.3 is 8.80 Å². The molecule has 0 aromatic carbocycles. The highest BCUT2D eigenvalue weighted by molar-refractivity contribution is 7.99. The SMILES string of the molecule is CCO[Si](CCCSCCOC1CCCCO1)(OCC)OCC. The minimum atomic E-state index is -2.46. The van der Waals surface area contributed by atoms with E-state index in [2.05, 4.69) is 0 Å². The summed E-state index contributed by atoms with van der Waals surface area (Å²) in [6.07, 6.45) is 4.50. The van der Waals surface area contributed by atoms with E-state index in [1.54, 1.807) is 0 Å². The molecule has 0 aliphatic carbocycles. The lowest BCUT2D eigenvalue weighted by atomic mass is 10.2. The zero-order valence-electron chi connectivity index (χ0n) is 15.0. The maximum absolute atomic E-state index is 5.86. The third kappa shape index (κ3) is 9.43. The Morgan fingerprint density at radius 3 is 2.26 bits per heavy atom. The van der Waals surface area contributed by atoms with E-state index in [4.69, 9.17) is 22.8 Å². The van der Waals surface area contributed by atoms with Crippen molar-refractivity contribution in [3.8, 4) is 0 Å². The highest BCUT2D eigenvalue weighted by Crippen LogP contribution is 2.20. The second-order valence-electron chi connectivity index (χ2n) is 5.36. The van der Waals surface area contributed by atoms with Gasteiger partial charge in [0.25, 0.3) is 0 Å². The maximum Gasteiger partial charge on any atom is 0.500 e. The van der Waals surface area contributed by atoms with Crippen molar-refractivity contribution in [2.75, 3.05) is 44.5 Å². The molecule has 23 heavy (non-hydrogen) atoms. The zero-order chi connectivity index (χ0) is 16.8. The Morgan fingerprint density at radius 1 is 1.00 bits per heavy atom. The van der Waals surface area contributed by atoms with Gasteiger partial charge in [0.2, 0.25) is 0 Å². The minimum Gasteiger partial charge on any atom is -0.374 e. The van der Waals surface area contributed by atoms with E-state index >= 15 is 0 Å². The fourth-order valence-electron chi connectivity index (χ4n) is 2.58. The van der Waals surface area contributed by atoms with Crippen LogP contribution in [-0.2, 0) is 22.8 Å². The topological polar surface area (TPSA) is 46.2 Å². The van der Waals surface area contributed by atoms with Gasteiger partial charge in [-0.25, -0.2) is 0 Å². The van der Waals surface area contributed by atoms with Crippen LogP contribution in [0, 0.1) is 0 Å². The van der Waals surface area contributed by atoms with E-state index in [-0.39, 0.29) is 6.29 Å². The van der Waals surface area contributed by atoms with Crippen molar-refractivity contribution in [1.29, 1.82) is 0 Å². The van der Waals surface area contributed by atoms with E-state index < -0.39 is 8.80 Å². The molecule has 7 heteroatoms. The van der Waals surface area contributed by atoms with Gasteiger partial charge in [0.15, 0.2) is 6.29 Å². The first-order chi connectivity index (χ1) is 11.3. The number of thioether (sulfide) groups is 1. The molecule has 0 aromatic rings. The van der Waals surface area contributed by atoms with Gasteiger partial charge in [0.1, 0.15) is 0 Å². The predicted molar refractivity (Wildman–Crippen MR) is 96.9 cm³/mol. The minimum absolute atomic E-state index is 0.0262. The molecule has 1 rings (SSSR count). The Morgan fingerprint density at radius 2 is 1.70 bits per heavy atom. The molecule has 0 aromatic heterocycles. The van der Waals surface area contributed by atoms with Crippen LogP contribution in [0.5, 0.6) is 0 Å². The second-order valence-corrected chi connectivity index (χ2v) is 9.32. The summed E-state index contributed by atoms with van der Waals surface area (Å²) in [5, 5.41) is 0. The molecule has 0 amide bonds. The summed E-state index contributed by atoms with van der Waals surface area (Å²) in [6.45, 7) is 9.55. The summed E-state index contributed by atoms with van der Waals surface area (Å²) in [5.41, 5.74) is 0. The van der Waals surface area contributed by atoms with Crippen LogP contribution >= 0.6 is 11.8 Å². The van der Waals surface area contributed by atoms with Gasteiger partial charge in [-0.3, -0.25) is 0 Å². The summed E-state index contributed by atoms with van der Waals surface area (Å²) >= 11 is 1.91. The molecule has 0 saturated carbocycles. The first-order valence-corrected chi connectivity index (χ1v) is 12.1. The van der Waals surface area contributed by atoms with Crippen LogP contribution in [0.3, 0.4) is 0 Å². The van der Waals surface area contributed by atoms with Crippen molar-refractivity contribution < 1.29 is 22.8 Å². The van der Waals surface area contributed by atoms with E-state index in [1.807, 2.05) is 32.5 Å². The van der Waals surface area contributed by atoms with Crippen molar-refractivity contribution in [3.05, 3.63) is 0 Å². The predicted octanol–water partition coefficient (Wildman–Crippen LogP) is 3.70. The van der Waals surface area contributed by atoms with E-state index in [0.717, 1.165) is 43.6 Å². The summed E-state index contributed by atoms with van der Waals surface area (Å²) in [5.74, 6) is 2.09. The summed E-state index contributed by atoms with van der Waals surface area (Å²) in [6, 6.07) is 0.891. The van der Waals surface area contributed by atoms with Gasteiger partial charge in [0.05, 0.1) is 6.61 Å². The van der Waals surface area contributed by atoms with Gasteiger partial charge in [-0.05, 0) is 52.2 Å². The molecule has 5 nitrogen and oxygen atoms in total. The van der Waals surface area contributed by atoms with Crippen LogP contribution in [0.2, 0.25) is 6.04 Å². The fraction of sp³-hybridized carbons (Fsp3) is 1.00. The Kier molecular flexibility index (Phi) is 12.7. The Labute approximate surface area is 147 Å². The molecule has 0 spiro atoms. The zero-order valence-corrected chi connectivity index (χ0v) is 16.8. The number of hydrogen-bond acceptors (Lipinski definition) is 6. The molecule has 0 bridgehead atoms. The summed E-state index contributed by atoms with van der Waals surface area (Å²) in [7, 11) is -2.46. The van der Waals surface area contributed by atoms with Crippen LogP contribution in [0.15, 0.2) is 0 Å². The van der Waals surface area contributed by atoms with E-state index in [1.165, 1.54) is 12.8 Å². The molecular formula is C16H34O5SSi. The molecule has 1 atom stereocenters. The van der Waals surface area contributed by atoms with Crippen LogP contribution < -0.4 is 0 Å². The van der Waals surface area contributed by atoms with Gasteiger partial charge < -0.3 is 22.8 Å². The number of ether oxygens (including phenoxy) is 2. The molecular weight excluding hydrogens is 332 g/mol. The highest BCUT2D eigenvalue weighted by Gasteiger charge is 2.39. The largest absolute Gasteiger partial charge is 0.500 e. The first kappa shape index (κ1) is 21.4. The standard InChI is InChI=1S/C16H34O5SSi/c1-4-19-23(20-5-2,21-6-3)15-9-13-22-14-12-18-16-10-7-8-11-17-16/h16H,4-15H2,1-3H3. The van der Waals surface area contributed by atoms with Gasteiger partial charge in [-0.2, -0.15) is 11.8 Å². The van der Waals surface area contributed by atoms with Crippen LogP contribution in [0.4, 0.5) is 0 Å². The van der Waals surface area contributed by atoms with Gasteiger partial charge in [0, 0.05) is 38.2 Å². The van der Waals surface area contributed by atoms with Crippen molar-refractivity contribution in [2.45, 2.75) is 58.8 Å². The smallest absolute Gasteiger partial charge is 0.374 e. The quantitative estimate of drug-likeness (QED) is 0.345. The molecule has 0 radical (unpaired) electrons. The van der Waals surface area contributed by atoms with Gasteiger partial charge in [-0.15, -0.1) is 0 Å². The van der Waals surface area contributed by atoms with Crippen molar-refractivity contribution in [1.82, 2.24) is 0 Å². The summed E-state index contributed by atoms with van der Waals surface area (Å²) < 4.78 is 28.9. The Bertz CT molecular complexity index is 260. The van der Waals surface area contributed by atoms with Crippen molar-refractivity contribution in [2.24, 2.45) is 0 Å². The average molecular weight is 367 g/mol. The van der Waals surface area contributed by atoms with Crippen LogP contribution in [0.1, 0.15) is 46.5 Å². The average Bonchev–Trinajstić information content (AvgIpc) is 2.56. The lowest BCUT2D eigenvalue weighted by Crippen LogP contribution is -2.46. The Balaban J connectivity index is 2.10. The fourth-order valence-corrected chi connectivity index (χ4v) is 6.21. The van der Waals surface area contributed by atoms with Gasteiger partial charge in [-0.1, -0.05) is 0 Å². The van der Waals surface area contributed by atoms with Crippen LogP contribution in [-0.4, -0.2) is 59.6 Å². The molecule has 1 aliphatic heterocycles. The molecule has 1 fully saturated rings. The molecule has 1 heterocycles. The number of hydrogen-bond donors (Lipinski definition) is 0. The van der Waals surface area contributed by atoms with Crippen molar-refractivity contribution in [3.63, 3.8) is 0 Å². The Hall–Kier alpha value is 0.367.